The third-order valence-corrected chi connectivity index (χ3v) is 3.81. The smallest absolute Gasteiger partial charge is 0.0594 e. The van der Waals surface area contributed by atoms with Gasteiger partial charge >= 0.3 is 0 Å². The van der Waals surface area contributed by atoms with Crippen molar-refractivity contribution in [3.05, 3.63) is 65.2 Å². The number of halogens is 1. The molecular formula is C15H16IN. The summed E-state index contributed by atoms with van der Waals surface area (Å²) in [6.45, 7) is 5.26. The van der Waals surface area contributed by atoms with E-state index in [2.05, 4.69) is 88.4 Å². The average Bonchev–Trinajstić information content (AvgIpc) is 2.32. The van der Waals surface area contributed by atoms with Crippen molar-refractivity contribution >= 4 is 28.6 Å². The van der Waals surface area contributed by atoms with Crippen LogP contribution in [0, 0.1) is 13.8 Å². The zero-order chi connectivity index (χ0) is 12.3. The van der Waals surface area contributed by atoms with Crippen LogP contribution in [0.2, 0.25) is 0 Å². The maximum absolute atomic E-state index is 2.39. The number of benzene rings is 2. The van der Waals surface area contributed by atoms with Crippen molar-refractivity contribution in [3.8, 4) is 0 Å². The Bertz CT molecular complexity index is 508. The molecule has 0 fully saturated rings. The van der Waals surface area contributed by atoms with Crippen LogP contribution >= 0.6 is 22.9 Å². The first-order valence-corrected chi connectivity index (χ1v) is 6.68. The molecule has 2 heteroatoms. The van der Waals surface area contributed by atoms with E-state index in [1.165, 1.54) is 22.4 Å². The van der Waals surface area contributed by atoms with Crippen molar-refractivity contribution in [1.29, 1.82) is 0 Å². The maximum atomic E-state index is 2.39. The standard InChI is InChI=1S/C15H16IN/c1-12-7-3-5-9-14(12)11-17(16)15-10-6-4-8-13(15)2/h3-10H,11H2,1-2H3. The molecule has 2 aromatic rings. The van der Waals surface area contributed by atoms with E-state index in [9.17, 15) is 0 Å². The molecule has 88 valence electrons. The molecule has 2 aromatic carbocycles. The van der Waals surface area contributed by atoms with E-state index in [0.717, 1.165) is 6.54 Å². The fraction of sp³-hybridized carbons (Fsp3) is 0.200. The second kappa shape index (κ2) is 5.54. The number of rotatable bonds is 3. The molecule has 0 bridgehead atoms. The Labute approximate surface area is 117 Å². The summed E-state index contributed by atoms with van der Waals surface area (Å²) in [4.78, 5) is 0. The highest BCUT2D eigenvalue weighted by Gasteiger charge is 2.07. The van der Waals surface area contributed by atoms with E-state index >= 15 is 0 Å². The zero-order valence-electron chi connectivity index (χ0n) is 10.2. The summed E-state index contributed by atoms with van der Waals surface area (Å²) >= 11 is 2.39. The van der Waals surface area contributed by atoms with Crippen molar-refractivity contribution in [2.45, 2.75) is 20.4 Å². The molecule has 0 aliphatic heterocycles. The molecule has 0 heterocycles. The lowest BCUT2D eigenvalue weighted by Gasteiger charge is -2.19. The van der Waals surface area contributed by atoms with E-state index in [4.69, 9.17) is 0 Å². The highest BCUT2D eigenvalue weighted by molar-refractivity contribution is 14.1. The van der Waals surface area contributed by atoms with Gasteiger partial charge in [-0.3, -0.25) is 0 Å². The number of nitrogens with zero attached hydrogens (tertiary/aromatic N) is 1. The van der Waals surface area contributed by atoms with Crippen LogP contribution in [0.1, 0.15) is 16.7 Å². The van der Waals surface area contributed by atoms with Crippen LogP contribution in [0.5, 0.6) is 0 Å². The van der Waals surface area contributed by atoms with Crippen molar-refractivity contribution in [2.24, 2.45) is 0 Å². The van der Waals surface area contributed by atoms with E-state index in [-0.39, 0.29) is 0 Å². The van der Waals surface area contributed by atoms with Crippen molar-refractivity contribution in [3.63, 3.8) is 0 Å². The molecule has 0 spiro atoms. The number of anilines is 1. The minimum absolute atomic E-state index is 0.943. The van der Waals surface area contributed by atoms with Gasteiger partial charge in [0.1, 0.15) is 0 Å². The average molecular weight is 337 g/mol. The molecule has 17 heavy (non-hydrogen) atoms. The summed E-state index contributed by atoms with van der Waals surface area (Å²) < 4.78 is 2.27. The molecule has 0 saturated carbocycles. The highest BCUT2D eigenvalue weighted by Crippen LogP contribution is 2.25. The van der Waals surface area contributed by atoms with Crippen LogP contribution in [0.25, 0.3) is 0 Å². The first-order chi connectivity index (χ1) is 8.18. The number of aryl methyl sites for hydroxylation is 2. The molecule has 0 amide bonds. The van der Waals surface area contributed by atoms with Gasteiger partial charge in [0.25, 0.3) is 0 Å². The Balaban J connectivity index is 2.20. The molecule has 0 atom stereocenters. The van der Waals surface area contributed by atoms with E-state index in [1.807, 2.05) is 0 Å². The molecule has 0 radical (unpaired) electrons. The van der Waals surface area contributed by atoms with Gasteiger partial charge in [-0.15, -0.1) is 0 Å². The van der Waals surface area contributed by atoms with Gasteiger partial charge in [0.2, 0.25) is 0 Å². The molecule has 0 aromatic heterocycles. The minimum Gasteiger partial charge on any atom is -0.310 e. The fourth-order valence-corrected chi connectivity index (χ4v) is 2.77. The monoisotopic (exact) mass is 337 g/mol. The molecule has 1 nitrogen and oxygen atoms in total. The van der Waals surface area contributed by atoms with Gasteiger partial charge in [0.15, 0.2) is 0 Å². The summed E-state index contributed by atoms with van der Waals surface area (Å²) in [5, 5.41) is 0. The molecular weight excluding hydrogens is 321 g/mol. The van der Waals surface area contributed by atoms with E-state index in [0.29, 0.717) is 0 Å². The zero-order valence-corrected chi connectivity index (χ0v) is 12.3. The van der Waals surface area contributed by atoms with Crippen LogP contribution in [0.3, 0.4) is 0 Å². The maximum Gasteiger partial charge on any atom is 0.0594 e. The first kappa shape index (κ1) is 12.4. The summed E-state index contributed by atoms with van der Waals surface area (Å²) in [6.07, 6.45) is 0. The van der Waals surface area contributed by atoms with Crippen LogP contribution in [0.4, 0.5) is 5.69 Å². The molecule has 2 rings (SSSR count). The topological polar surface area (TPSA) is 3.24 Å². The molecule has 0 saturated heterocycles. The van der Waals surface area contributed by atoms with E-state index in [1.54, 1.807) is 0 Å². The van der Waals surface area contributed by atoms with Gasteiger partial charge in [0, 0.05) is 5.69 Å². The normalized spacial score (nSPS) is 10.3. The number of para-hydroxylation sites is 1. The van der Waals surface area contributed by atoms with Crippen LogP contribution < -0.4 is 3.11 Å². The lowest BCUT2D eigenvalue weighted by Crippen LogP contribution is -2.10. The predicted octanol–water partition coefficient (Wildman–Crippen LogP) is 4.66. The lowest BCUT2D eigenvalue weighted by atomic mass is 10.1. The van der Waals surface area contributed by atoms with E-state index < -0.39 is 0 Å². The first-order valence-electron chi connectivity index (χ1n) is 5.72. The fourth-order valence-electron chi connectivity index (χ4n) is 1.86. The second-order valence-corrected chi connectivity index (χ2v) is 5.40. The van der Waals surface area contributed by atoms with Gasteiger partial charge in [-0.2, -0.15) is 0 Å². The molecule has 0 N–H and O–H groups in total. The Morgan fingerprint density at radius 3 is 2.12 bits per heavy atom. The van der Waals surface area contributed by atoms with Crippen molar-refractivity contribution in [2.75, 3.05) is 3.11 Å². The third kappa shape index (κ3) is 3.00. The molecule has 0 aliphatic rings. The third-order valence-electron chi connectivity index (χ3n) is 2.95. The predicted molar refractivity (Wildman–Crippen MR) is 82.6 cm³/mol. The van der Waals surface area contributed by atoms with Gasteiger partial charge in [-0.05, 0) is 36.6 Å². The largest absolute Gasteiger partial charge is 0.310 e. The number of hydrogen-bond acceptors (Lipinski definition) is 1. The van der Waals surface area contributed by atoms with Gasteiger partial charge in [-0.1, -0.05) is 42.5 Å². The Morgan fingerprint density at radius 2 is 1.47 bits per heavy atom. The molecule has 0 aliphatic carbocycles. The summed E-state index contributed by atoms with van der Waals surface area (Å²) in [5.41, 5.74) is 5.33. The highest BCUT2D eigenvalue weighted by atomic mass is 127. The minimum atomic E-state index is 0.943. The molecule has 0 unspecified atom stereocenters. The lowest BCUT2D eigenvalue weighted by molar-refractivity contribution is 1.06. The van der Waals surface area contributed by atoms with Crippen LogP contribution in [-0.4, -0.2) is 0 Å². The number of hydrogen-bond donors (Lipinski definition) is 0. The summed E-state index contributed by atoms with van der Waals surface area (Å²) in [5.74, 6) is 0. The second-order valence-electron chi connectivity index (χ2n) is 4.23. The van der Waals surface area contributed by atoms with Crippen molar-refractivity contribution in [1.82, 2.24) is 0 Å². The van der Waals surface area contributed by atoms with Gasteiger partial charge < -0.3 is 3.11 Å². The summed E-state index contributed by atoms with van der Waals surface area (Å²) in [7, 11) is 0. The Kier molecular flexibility index (Phi) is 4.05. The Morgan fingerprint density at radius 1 is 0.882 bits per heavy atom. The Hall–Kier alpha value is -1.03. The quantitative estimate of drug-likeness (QED) is 0.582. The van der Waals surface area contributed by atoms with Crippen molar-refractivity contribution < 1.29 is 0 Å². The SMILES string of the molecule is Cc1ccccc1CN(I)c1ccccc1C. The van der Waals surface area contributed by atoms with Crippen LogP contribution in [0.15, 0.2) is 48.5 Å². The van der Waals surface area contributed by atoms with Crippen LogP contribution in [-0.2, 0) is 6.54 Å². The van der Waals surface area contributed by atoms with Gasteiger partial charge in [-0.25, -0.2) is 0 Å². The summed E-state index contributed by atoms with van der Waals surface area (Å²) in [6, 6.07) is 17.0. The van der Waals surface area contributed by atoms with Gasteiger partial charge in [0.05, 0.1) is 29.4 Å².